The molecule has 194 valence electrons. The summed E-state index contributed by atoms with van der Waals surface area (Å²) < 4.78 is 41.1. The van der Waals surface area contributed by atoms with E-state index < -0.39 is 28.2 Å². The fourth-order valence-electron chi connectivity index (χ4n) is 4.07. The molecule has 4 rings (SSSR count). The van der Waals surface area contributed by atoms with Gasteiger partial charge >= 0.3 is 12.2 Å². The zero-order valence-electron chi connectivity index (χ0n) is 19.6. The summed E-state index contributed by atoms with van der Waals surface area (Å²) in [5.74, 6) is 0. The van der Waals surface area contributed by atoms with E-state index in [1.165, 1.54) is 54.7 Å². The number of non-ortho nitro benzene ring substituents is 1. The van der Waals surface area contributed by atoms with E-state index in [2.05, 4.69) is 15.6 Å². The molecule has 4 aromatic rings. The number of carbonyl (C=O) groups is 1. The van der Waals surface area contributed by atoms with Gasteiger partial charge in [-0.25, -0.2) is 4.79 Å². The molecule has 1 heterocycles. The molecule has 0 saturated heterocycles. The number of anilines is 1. The van der Waals surface area contributed by atoms with Gasteiger partial charge in [-0.2, -0.15) is 13.2 Å². The number of hydrogen-bond acceptors (Lipinski definition) is 4. The average molecular weight is 541 g/mol. The molecule has 0 radical (unpaired) electrons. The number of pyridine rings is 1. The molecule has 0 aliphatic rings. The number of halogens is 4. The van der Waals surface area contributed by atoms with Gasteiger partial charge in [0.1, 0.15) is 5.54 Å². The second-order valence-corrected chi connectivity index (χ2v) is 8.83. The predicted octanol–water partition coefficient (Wildman–Crippen LogP) is 6.97. The Labute approximate surface area is 220 Å². The summed E-state index contributed by atoms with van der Waals surface area (Å²) in [4.78, 5) is 28.2. The van der Waals surface area contributed by atoms with E-state index in [9.17, 15) is 28.1 Å². The van der Waals surface area contributed by atoms with Crippen LogP contribution >= 0.6 is 11.6 Å². The number of amides is 2. The molecule has 7 nitrogen and oxygen atoms in total. The van der Waals surface area contributed by atoms with E-state index in [4.69, 9.17) is 11.6 Å². The molecule has 1 aromatic heterocycles. The van der Waals surface area contributed by atoms with Crippen molar-refractivity contribution < 1.29 is 22.9 Å². The van der Waals surface area contributed by atoms with Gasteiger partial charge in [0.05, 0.1) is 21.2 Å². The number of rotatable bonds is 7. The molecule has 0 fully saturated rings. The second kappa shape index (κ2) is 10.9. The minimum absolute atomic E-state index is 0.0339. The van der Waals surface area contributed by atoms with Gasteiger partial charge in [0.25, 0.3) is 5.69 Å². The number of carbonyl (C=O) groups excluding carboxylic acids is 1. The molecule has 2 N–H and O–H groups in total. The molecule has 1 unspecified atom stereocenters. The number of hydrogen-bond donors (Lipinski definition) is 2. The Hall–Kier alpha value is -4.44. The van der Waals surface area contributed by atoms with Crippen molar-refractivity contribution >= 4 is 29.0 Å². The Balaban J connectivity index is 1.85. The van der Waals surface area contributed by atoms with Crippen molar-refractivity contribution in [1.82, 2.24) is 10.3 Å². The van der Waals surface area contributed by atoms with Crippen LogP contribution in [0.1, 0.15) is 22.4 Å². The summed E-state index contributed by atoms with van der Waals surface area (Å²) in [5.41, 5.74) is -1.54. The van der Waals surface area contributed by atoms with Crippen LogP contribution in [-0.4, -0.2) is 15.9 Å². The summed E-state index contributed by atoms with van der Waals surface area (Å²) in [5, 5.41) is 16.8. The Kier molecular flexibility index (Phi) is 7.63. The molecule has 0 bridgehead atoms. The second-order valence-electron chi connectivity index (χ2n) is 8.39. The molecule has 0 spiro atoms. The van der Waals surface area contributed by atoms with Gasteiger partial charge < -0.3 is 10.6 Å². The highest BCUT2D eigenvalue weighted by Gasteiger charge is 2.40. The quantitative estimate of drug-likeness (QED) is 0.195. The summed E-state index contributed by atoms with van der Waals surface area (Å²) >= 11 is 6.04. The maximum Gasteiger partial charge on any atom is 0.416 e. The monoisotopic (exact) mass is 540 g/mol. The van der Waals surface area contributed by atoms with Gasteiger partial charge in [0.2, 0.25) is 0 Å². The molecule has 0 aliphatic carbocycles. The van der Waals surface area contributed by atoms with Gasteiger partial charge in [-0.1, -0.05) is 60.1 Å². The number of nitro groups is 1. The SMILES string of the molecule is O=C(Nc1cccc([N+](=O)[O-])c1)NC(Cc1ccccc1)(c1cccc(C(F)(F)F)c1)c1ccc(Cl)cn1. The van der Waals surface area contributed by atoms with Crippen molar-refractivity contribution in [3.63, 3.8) is 0 Å². The van der Waals surface area contributed by atoms with Crippen molar-refractivity contribution in [2.75, 3.05) is 5.32 Å². The molecule has 38 heavy (non-hydrogen) atoms. The van der Waals surface area contributed by atoms with Crippen LogP contribution in [0.3, 0.4) is 0 Å². The lowest BCUT2D eigenvalue weighted by atomic mass is 9.80. The minimum atomic E-state index is -4.63. The van der Waals surface area contributed by atoms with E-state index in [1.54, 1.807) is 30.3 Å². The topological polar surface area (TPSA) is 97.2 Å². The number of alkyl halides is 3. The fraction of sp³-hybridized carbons (Fsp3) is 0.111. The van der Waals surface area contributed by atoms with Crippen LogP contribution in [0.2, 0.25) is 5.02 Å². The number of aromatic nitrogens is 1. The Bertz CT molecular complexity index is 1450. The first-order chi connectivity index (χ1) is 18.1. The molecule has 2 amide bonds. The fourth-order valence-corrected chi connectivity index (χ4v) is 4.18. The third-order valence-electron chi connectivity index (χ3n) is 5.80. The van der Waals surface area contributed by atoms with Crippen LogP contribution in [0, 0.1) is 10.1 Å². The van der Waals surface area contributed by atoms with Crippen molar-refractivity contribution in [3.8, 4) is 0 Å². The van der Waals surface area contributed by atoms with Crippen LogP contribution in [0.4, 0.5) is 29.3 Å². The predicted molar refractivity (Wildman–Crippen MR) is 137 cm³/mol. The van der Waals surface area contributed by atoms with Gasteiger partial charge in [-0.3, -0.25) is 15.1 Å². The van der Waals surface area contributed by atoms with Crippen LogP contribution in [0.5, 0.6) is 0 Å². The smallest absolute Gasteiger partial charge is 0.322 e. The lowest BCUT2D eigenvalue weighted by molar-refractivity contribution is -0.384. The minimum Gasteiger partial charge on any atom is -0.322 e. The Morgan fingerprint density at radius 1 is 0.921 bits per heavy atom. The highest BCUT2D eigenvalue weighted by Crippen LogP contribution is 2.37. The summed E-state index contributed by atoms with van der Waals surface area (Å²) in [6, 6.07) is 21.1. The van der Waals surface area contributed by atoms with Crippen LogP contribution < -0.4 is 10.6 Å². The Morgan fingerprint density at radius 3 is 2.29 bits per heavy atom. The molecule has 11 heteroatoms. The third-order valence-corrected chi connectivity index (χ3v) is 6.02. The number of nitro benzene ring substituents is 1. The molecular formula is C27H20ClF3N4O3. The van der Waals surface area contributed by atoms with Crippen molar-refractivity contribution in [1.29, 1.82) is 0 Å². The number of benzene rings is 3. The van der Waals surface area contributed by atoms with Crippen molar-refractivity contribution in [2.45, 2.75) is 18.1 Å². The first kappa shape index (κ1) is 26.6. The van der Waals surface area contributed by atoms with Gasteiger partial charge in [0.15, 0.2) is 0 Å². The largest absolute Gasteiger partial charge is 0.416 e. The highest BCUT2D eigenvalue weighted by molar-refractivity contribution is 6.30. The van der Waals surface area contributed by atoms with Crippen LogP contribution in [0.15, 0.2) is 97.2 Å². The normalized spacial score (nSPS) is 12.8. The molecule has 0 saturated carbocycles. The van der Waals surface area contributed by atoms with Gasteiger partial charge in [0, 0.05) is 30.4 Å². The van der Waals surface area contributed by atoms with E-state index in [-0.39, 0.29) is 29.1 Å². The molecule has 0 aliphatic heterocycles. The van der Waals surface area contributed by atoms with E-state index in [1.807, 2.05) is 0 Å². The van der Waals surface area contributed by atoms with Gasteiger partial charge in [-0.05, 0) is 41.5 Å². The Morgan fingerprint density at radius 2 is 1.63 bits per heavy atom. The highest BCUT2D eigenvalue weighted by atomic mass is 35.5. The number of urea groups is 1. The number of nitrogens with zero attached hydrogens (tertiary/aromatic N) is 2. The van der Waals surface area contributed by atoms with Crippen molar-refractivity contribution in [3.05, 3.63) is 135 Å². The van der Waals surface area contributed by atoms with E-state index in [0.29, 0.717) is 10.6 Å². The molecule has 3 aromatic carbocycles. The van der Waals surface area contributed by atoms with Crippen LogP contribution in [-0.2, 0) is 18.1 Å². The lowest BCUT2D eigenvalue weighted by Crippen LogP contribution is -2.50. The summed E-state index contributed by atoms with van der Waals surface area (Å²) in [7, 11) is 0. The third kappa shape index (κ3) is 6.09. The van der Waals surface area contributed by atoms with Crippen molar-refractivity contribution in [2.24, 2.45) is 0 Å². The first-order valence-electron chi connectivity index (χ1n) is 11.2. The number of nitrogens with one attached hydrogen (secondary N) is 2. The average Bonchev–Trinajstić information content (AvgIpc) is 2.89. The maximum absolute atomic E-state index is 13.7. The zero-order chi connectivity index (χ0) is 27.3. The van der Waals surface area contributed by atoms with Crippen LogP contribution in [0.25, 0.3) is 0 Å². The molecular weight excluding hydrogens is 521 g/mol. The molecule has 1 atom stereocenters. The zero-order valence-corrected chi connectivity index (χ0v) is 20.3. The maximum atomic E-state index is 13.7. The lowest BCUT2D eigenvalue weighted by Gasteiger charge is -2.36. The summed E-state index contributed by atoms with van der Waals surface area (Å²) in [6.07, 6.45) is -3.26. The van der Waals surface area contributed by atoms with E-state index in [0.717, 1.165) is 12.1 Å². The first-order valence-corrected chi connectivity index (χ1v) is 11.6. The van der Waals surface area contributed by atoms with E-state index >= 15 is 0 Å². The standard InChI is InChI=1S/C27H20ClF3N4O3/c28-21-12-13-24(32-17-21)26(16-18-6-2-1-3-7-18,19-8-4-9-20(14-19)27(29,30)31)34-25(36)33-22-10-5-11-23(15-22)35(37)38/h1-15,17H,16H2,(H2,33,34,36). The van der Waals surface area contributed by atoms with Gasteiger partial charge in [-0.15, -0.1) is 0 Å². The summed E-state index contributed by atoms with van der Waals surface area (Å²) in [6.45, 7) is 0.